The summed E-state index contributed by atoms with van der Waals surface area (Å²) in [5.74, 6) is 0.632. The third-order valence-electron chi connectivity index (χ3n) is 2.53. The van der Waals surface area contributed by atoms with Crippen molar-refractivity contribution < 1.29 is 9.53 Å². The Balaban J connectivity index is 1.84. The lowest BCUT2D eigenvalue weighted by Gasteiger charge is -2.06. The summed E-state index contributed by atoms with van der Waals surface area (Å²) in [5.41, 5.74) is 0. The zero-order valence-corrected chi connectivity index (χ0v) is 9.92. The van der Waals surface area contributed by atoms with Gasteiger partial charge in [0.25, 0.3) is 0 Å². The fraction of sp³-hybridized carbons (Fsp3) is 0.917. The van der Waals surface area contributed by atoms with Gasteiger partial charge < -0.3 is 10.1 Å². The Hall–Kier alpha value is -0.570. The van der Waals surface area contributed by atoms with Crippen molar-refractivity contribution in [3.8, 4) is 0 Å². The second-order valence-corrected chi connectivity index (χ2v) is 4.73. The van der Waals surface area contributed by atoms with E-state index >= 15 is 0 Å². The zero-order valence-electron chi connectivity index (χ0n) is 9.92. The van der Waals surface area contributed by atoms with Gasteiger partial charge in [-0.15, -0.1) is 0 Å². The van der Waals surface area contributed by atoms with Crippen LogP contribution in [0.15, 0.2) is 0 Å². The molecule has 1 saturated carbocycles. The standard InChI is InChI=1S/C12H23NO2/c1-10(2)4-3-9-15-12(14)7-8-13-11-5-6-11/h10-11,13H,3-9H2,1-2H3. The molecule has 0 radical (unpaired) electrons. The monoisotopic (exact) mass is 213 g/mol. The van der Waals surface area contributed by atoms with Crippen molar-refractivity contribution in [2.45, 2.75) is 52.0 Å². The second kappa shape index (κ2) is 6.83. The van der Waals surface area contributed by atoms with Crippen molar-refractivity contribution in [2.75, 3.05) is 13.2 Å². The molecule has 0 saturated heterocycles. The Labute approximate surface area is 92.6 Å². The maximum absolute atomic E-state index is 11.2. The molecule has 1 aliphatic rings. The van der Waals surface area contributed by atoms with Crippen LogP contribution in [-0.2, 0) is 9.53 Å². The first-order valence-corrected chi connectivity index (χ1v) is 6.07. The van der Waals surface area contributed by atoms with Gasteiger partial charge in [0.15, 0.2) is 0 Å². The summed E-state index contributed by atoms with van der Waals surface area (Å²) in [5, 5.41) is 3.30. The predicted molar refractivity (Wildman–Crippen MR) is 60.7 cm³/mol. The van der Waals surface area contributed by atoms with E-state index in [2.05, 4.69) is 19.2 Å². The lowest BCUT2D eigenvalue weighted by atomic mass is 10.1. The molecular weight excluding hydrogens is 190 g/mol. The molecule has 0 heterocycles. The van der Waals surface area contributed by atoms with Gasteiger partial charge in [0.05, 0.1) is 13.0 Å². The van der Waals surface area contributed by atoms with Crippen LogP contribution in [0.4, 0.5) is 0 Å². The molecule has 0 aromatic heterocycles. The van der Waals surface area contributed by atoms with Crippen LogP contribution in [0.25, 0.3) is 0 Å². The number of rotatable bonds is 8. The van der Waals surface area contributed by atoms with Gasteiger partial charge in [-0.1, -0.05) is 13.8 Å². The van der Waals surface area contributed by atoms with E-state index in [1.54, 1.807) is 0 Å². The smallest absolute Gasteiger partial charge is 0.307 e. The van der Waals surface area contributed by atoms with Gasteiger partial charge in [-0.2, -0.15) is 0 Å². The van der Waals surface area contributed by atoms with E-state index in [1.807, 2.05) is 0 Å². The SMILES string of the molecule is CC(C)CCCOC(=O)CCNC1CC1. The van der Waals surface area contributed by atoms with Gasteiger partial charge in [-0.3, -0.25) is 4.79 Å². The van der Waals surface area contributed by atoms with Gasteiger partial charge in [-0.25, -0.2) is 0 Å². The quantitative estimate of drug-likeness (QED) is 0.496. The summed E-state index contributed by atoms with van der Waals surface area (Å²) in [7, 11) is 0. The summed E-state index contributed by atoms with van der Waals surface area (Å²) in [6, 6.07) is 0.679. The van der Waals surface area contributed by atoms with E-state index in [0.717, 1.165) is 19.4 Å². The molecule has 3 heteroatoms. The van der Waals surface area contributed by atoms with Crippen molar-refractivity contribution in [2.24, 2.45) is 5.92 Å². The van der Waals surface area contributed by atoms with E-state index in [0.29, 0.717) is 25.0 Å². The summed E-state index contributed by atoms with van der Waals surface area (Å²) in [6.45, 7) is 5.72. The van der Waals surface area contributed by atoms with E-state index in [9.17, 15) is 4.79 Å². The van der Waals surface area contributed by atoms with Crippen molar-refractivity contribution in [1.29, 1.82) is 0 Å². The van der Waals surface area contributed by atoms with Crippen LogP contribution in [0.1, 0.15) is 46.0 Å². The number of carbonyl (C=O) groups excluding carboxylic acids is 1. The molecule has 1 aliphatic carbocycles. The largest absolute Gasteiger partial charge is 0.466 e. The van der Waals surface area contributed by atoms with Crippen LogP contribution < -0.4 is 5.32 Å². The molecule has 1 rings (SSSR count). The minimum absolute atomic E-state index is 0.0630. The fourth-order valence-electron chi connectivity index (χ4n) is 1.42. The Morgan fingerprint density at radius 2 is 2.20 bits per heavy atom. The molecular formula is C12H23NO2. The molecule has 0 bridgehead atoms. The number of ether oxygens (including phenoxy) is 1. The number of hydrogen-bond acceptors (Lipinski definition) is 3. The lowest BCUT2D eigenvalue weighted by Crippen LogP contribution is -2.21. The molecule has 0 aromatic rings. The highest BCUT2D eigenvalue weighted by Crippen LogP contribution is 2.18. The third kappa shape index (κ3) is 7.37. The highest BCUT2D eigenvalue weighted by molar-refractivity contribution is 5.69. The molecule has 15 heavy (non-hydrogen) atoms. The average molecular weight is 213 g/mol. The number of carbonyl (C=O) groups is 1. The Morgan fingerprint density at radius 3 is 2.80 bits per heavy atom. The number of nitrogens with one attached hydrogen (secondary N) is 1. The average Bonchev–Trinajstić information content (AvgIpc) is 2.96. The number of esters is 1. The Kier molecular flexibility index (Phi) is 5.69. The van der Waals surface area contributed by atoms with Crippen LogP contribution in [-0.4, -0.2) is 25.2 Å². The molecule has 3 nitrogen and oxygen atoms in total. The normalized spacial score (nSPS) is 15.7. The first-order valence-electron chi connectivity index (χ1n) is 6.07. The first kappa shape index (κ1) is 12.5. The van der Waals surface area contributed by atoms with Crippen LogP contribution in [0.2, 0.25) is 0 Å². The van der Waals surface area contributed by atoms with Crippen molar-refractivity contribution in [3.05, 3.63) is 0 Å². The van der Waals surface area contributed by atoms with Crippen LogP contribution >= 0.6 is 0 Å². The van der Waals surface area contributed by atoms with Crippen LogP contribution in [0.5, 0.6) is 0 Å². The summed E-state index contributed by atoms with van der Waals surface area (Å²) in [4.78, 5) is 11.2. The summed E-state index contributed by atoms with van der Waals surface area (Å²) in [6.07, 6.45) is 5.16. The van der Waals surface area contributed by atoms with Crippen molar-refractivity contribution >= 4 is 5.97 Å². The van der Waals surface area contributed by atoms with E-state index in [4.69, 9.17) is 4.74 Å². The molecule has 0 atom stereocenters. The minimum Gasteiger partial charge on any atom is -0.466 e. The van der Waals surface area contributed by atoms with Gasteiger partial charge in [0, 0.05) is 12.6 Å². The minimum atomic E-state index is -0.0630. The highest BCUT2D eigenvalue weighted by atomic mass is 16.5. The first-order chi connectivity index (χ1) is 7.18. The van der Waals surface area contributed by atoms with Gasteiger partial charge in [0.2, 0.25) is 0 Å². The van der Waals surface area contributed by atoms with Crippen molar-refractivity contribution in [3.63, 3.8) is 0 Å². The molecule has 0 aromatic carbocycles. The van der Waals surface area contributed by atoms with E-state index in [1.165, 1.54) is 12.8 Å². The zero-order chi connectivity index (χ0) is 11.1. The maximum atomic E-state index is 11.2. The topological polar surface area (TPSA) is 38.3 Å². The molecule has 0 unspecified atom stereocenters. The molecule has 0 aliphatic heterocycles. The van der Waals surface area contributed by atoms with E-state index in [-0.39, 0.29) is 5.97 Å². The molecule has 1 fully saturated rings. The molecule has 0 amide bonds. The summed E-state index contributed by atoms with van der Waals surface area (Å²) < 4.78 is 5.12. The van der Waals surface area contributed by atoms with Crippen LogP contribution in [0.3, 0.4) is 0 Å². The van der Waals surface area contributed by atoms with Gasteiger partial charge in [-0.05, 0) is 31.6 Å². The molecule has 1 N–H and O–H groups in total. The highest BCUT2D eigenvalue weighted by Gasteiger charge is 2.20. The molecule has 0 spiro atoms. The van der Waals surface area contributed by atoms with Crippen molar-refractivity contribution in [1.82, 2.24) is 5.32 Å². The Bertz CT molecular complexity index is 188. The summed E-state index contributed by atoms with van der Waals surface area (Å²) >= 11 is 0. The fourth-order valence-corrected chi connectivity index (χ4v) is 1.42. The Morgan fingerprint density at radius 1 is 1.47 bits per heavy atom. The van der Waals surface area contributed by atoms with Gasteiger partial charge >= 0.3 is 5.97 Å². The lowest BCUT2D eigenvalue weighted by molar-refractivity contribution is -0.143. The van der Waals surface area contributed by atoms with Gasteiger partial charge in [0.1, 0.15) is 0 Å². The number of hydrogen-bond donors (Lipinski definition) is 1. The van der Waals surface area contributed by atoms with Crippen LogP contribution in [0, 0.1) is 5.92 Å². The van der Waals surface area contributed by atoms with E-state index < -0.39 is 0 Å². The predicted octanol–water partition coefficient (Wildman–Crippen LogP) is 2.11. The maximum Gasteiger partial charge on any atom is 0.307 e. The molecule has 88 valence electrons. The second-order valence-electron chi connectivity index (χ2n) is 4.73. The third-order valence-corrected chi connectivity index (χ3v) is 2.53.